The van der Waals surface area contributed by atoms with Gasteiger partial charge in [0.2, 0.25) is 5.89 Å². The van der Waals surface area contributed by atoms with Gasteiger partial charge in [0, 0.05) is 24.7 Å². The second-order valence-corrected chi connectivity index (χ2v) is 9.42. The molecule has 7 nitrogen and oxygen atoms in total. The molecular formula is C25H28N4O3. The average molecular weight is 433 g/mol. The molecule has 0 unspecified atom stereocenters. The summed E-state index contributed by atoms with van der Waals surface area (Å²) in [5.41, 5.74) is 4.09. The Balaban J connectivity index is 1.37. The van der Waals surface area contributed by atoms with Crippen molar-refractivity contribution in [1.82, 2.24) is 19.4 Å². The Morgan fingerprint density at radius 1 is 1.06 bits per heavy atom. The number of rotatable bonds is 2. The van der Waals surface area contributed by atoms with E-state index in [1.54, 1.807) is 0 Å². The minimum atomic E-state index is -0.475. The number of para-hydroxylation sites is 2. The lowest BCUT2D eigenvalue weighted by atomic mass is 10.0. The van der Waals surface area contributed by atoms with Crippen LogP contribution in [0.3, 0.4) is 0 Å². The number of ether oxygens (including phenoxy) is 1. The highest BCUT2D eigenvalue weighted by molar-refractivity contribution is 5.83. The molecule has 0 atom stereocenters. The third-order valence-electron chi connectivity index (χ3n) is 5.89. The zero-order chi connectivity index (χ0) is 22.5. The van der Waals surface area contributed by atoms with Gasteiger partial charge in [-0.25, -0.2) is 14.8 Å². The molecule has 0 saturated carbocycles. The van der Waals surface area contributed by atoms with Crippen LogP contribution in [0.1, 0.15) is 45.5 Å². The standard InChI is InChI=1S/C25H28N4O3/c1-16-26-20-15-17(23-27-19-7-5-6-8-22(19)31-23)9-10-21(20)29(16)18-11-13-28(14-12-18)24(30)32-25(2,3)4/h5-10,15,18H,11-14H2,1-4H3. The Morgan fingerprint density at radius 3 is 2.53 bits per heavy atom. The third kappa shape index (κ3) is 3.83. The summed E-state index contributed by atoms with van der Waals surface area (Å²) in [7, 11) is 0. The lowest BCUT2D eigenvalue weighted by Gasteiger charge is -2.34. The monoisotopic (exact) mass is 432 g/mol. The molecule has 4 aromatic rings. The van der Waals surface area contributed by atoms with Crippen molar-refractivity contribution in [1.29, 1.82) is 0 Å². The van der Waals surface area contributed by atoms with E-state index in [9.17, 15) is 4.79 Å². The van der Waals surface area contributed by atoms with Gasteiger partial charge in [-0.15, -0.1) is 0 Å². The summed E-state index contributed by atoms with van der Waals surface area (Å²) in [6, 6.07) is 14.3. The molecule has 0 N–H and O–H groups in total. The number of hydrogen-bond donors (Lipinski definition) is 0. The van der Waals surface area contributed by atoms with Crippen molar-refractivity contribution in [2.24, 2.45) is 0 Å². The normalized spacial score (nSPS) is 15.6. The molecule has 166 valence electrons. The van der Waals surface area contributed by atoms with Gasteiger partial charge in [0.1, 0.15) is 16.9 Å². The van der Waals surface area contributed by atoms with Gasteiger partial charge in [0.05, 0.1) is 11.0 Å². The van der Waals surface area contributed by atoms with E-state index in [2.05, 4.69) is 15.6 Å². The fraction of sp³-hybridized carbons (Fsp3) is 0.400. The average Bonchev–Trinajstić information content (AvgIpc) is 3.32. The summed E-state index contributed by atoms with van der Waals surface area (Å²) < 4.78 is 13.8. The van der Waals surface area contributed by atoms with Crippen LogP contribution >= 0.6 is 0 Å². The number of oxazole rings is 1. The number of hydrogen-bond acceptors (Lipinski definition) is 5. The van der Waals surface area contributed by atoms with Gasteiger partial charge in [-0.2, -0.15) is 0 Å². The highest BCUT2D eigenvalue weighted by atomic mass is 16.6. The van der Waals surface area contributed by atoms with Crippen LogP contribution in [0, 0.1) is 6.92 Å². The van der Waals surface area contributed by atoms with E-state index in [0.717, 1.165) is 46.4 Å². The van der Waals surface area contributed by atoms with Crippen LogP contribution in [-0.2, 0) is 4.74 Å². The summed E-state index contributed by atoms with van der Waals surface area (Å²) in [5, 5.41) is 0. The predicted octanol–water partition coefficient (Wildman–Crippen LogP) is 5.72. The van der Waals surface area contributed by atoms with Crippen LogP contribution in [0.2, 0.25) is 0 Å². The van der Waals surface area contributed by atoms with Crippen molar-refractivity contribution < 1.29 is 13.9 Å². The van der Waals surface area contributed by atoms with E-state index in [1.807, 2.05) is 69.0 Å². The Bertz CT molecular complexity index is 1260. The first-order valence-electron chi connectivity index (χ1n) is 11.1. The molecule has 1 amide bonds. The molecule has 1 fully saturated rings. The second-order valence-electron chi connectivity index (χ2n) is 9.42. The molecule has 5 rings (SSSR count). The van der Waals surface area contributed by atoms with Gasteiger partial charge in [0.25, 0.3) is 0 Å². The first-order chi connectivity index (χ1) is 15.3. The zero-order valence-electron chi connectivity index (χ0n) is 19.0. The van der Waals surface area contributed by atoms with E-state index in [-0.39, 0.29) is 6.09 Å². The molecule has 1 saturated heterocycles. The molecule has 0 aliphatic carbocycles. The lowest BCUT2D eigenvalue weighted by Crippen LogP contribution is -2.42. The van der Waals surface area contributed by atoms with Crippen LogP contribution in [0.5, 0.6) is 0 Å². The number of piperidine rings is 1. The SMILES string of the molecule is Cc1nc2cc(-c3nc4ccccc4o3)ccc2n1C1CCN(C(=O)OC(C)(C)C)CC1. The molecule has 7 heteroatoms. The van der Waals surface area contributed by atoms with Gasteiger partial charge in [0.15, 0.2) is 5.58 Å². The molecule has 0 bridgehead atoms. The quantitative estimate of drug-likeness (QED) is 0.405. The third-order valence-corrected chi connectivity index (χ3v) is 5.89. The van der Waals surface area contributed by atoms with Crippen LogP contribution in [0.15, 0.2) is 46.9 Å². The molecule has 1 aliphatic rings. The number of fused-ring (bicyclic) bond motifs is 2. The topological polar surface area (TPSA) is 73.4 Å². The van der Waals surface area contributed by atoms with Crippen LogP contribution in [-0.4, -0.2) is 44.2 Å². The Kier molecular flexibility index (Phi) is 4.92. The maximum absolute atomic E-state index is 12.4. The molecule has 2 aromatic carbocycles. The fourth-order valence-corrected chi connectivity index (χ4v) is 4.44. The van der Waals surface area contributed by atoms with Crippen molar-refractivity contribution in [2.75, 3.05) is 13.1 Å². The maximum Gasteiger partial charge on any atom is 0.410 e. The minimum Gasteiger partial charge on any atom is -0.444 e. The first-order valence-corrected chi connectivity index (χ1v) is 11.1. The van der Waals surface area contributed by atoms with Gasteiger partial charge in [-0.3, -0.25) is 0 Å². The molecule has 0 radical (unpaired) electrons. The summed E-state index contributed by atoms with van der Waals surface area (Å²) in [4.78, 5) is 23.6. The van der Waals surface area contributed by atoms with Crippen LogP contribution in [0.25, 0.3) is 33.6 Å². The minimum absolute atomic E-state index is 0.230. The number of carbonyl (C=O) groups excluding carboxylic acids is 1. The summed E-state index contributed by atoms with van der Waals surface area (Å²) in [5.74, 6) is 1.58. The largest absolute Gasteiger partial charge is 0.444 e. The highest BCUT2D eigenvalue weighted by Gasteiger charge is 2.29. The number of nitrogens with zero attached hydrogens (tertiary/aromatic N) is 4. The number of carbonyl (C=O) groups is 1. The maximum atomic E-state index is 12.4. The zero-order valence-corrected chi connectivity index (χ0v) is 19.0. The number of imidazole rings is 1. The number of aromatic nitrogens is 3. The Labute approximate surface area is 187 Å². The van der Waals surface area contributed by atoms with E-state index in [0.29, 0.717) is 25.0 Å². The van der Waals surface area contributed by atoms with E-state index >= 15 is 0 Å². The van der Waals surface area contributed by atoms with Gasteiger partial charge < -0.3 is 18.6 Å². The first kappa shape index (κ1) is 20.5. The van der Waals surface area contributed by atoms with Crippen molar-refractivity contribution >= 4 is 28.2 Å². The molecule has 0 spiro atoms. The predicted molar refractivity (Wildman–Crippen MR) is 124 cm³/mol. The van der Waals surface area contributed by atoms with Gasteiger partial charge in [-0.05, 0) is 70.9 Å². The number of likely N-dealkylation sites (tertiary alicyclic amines) is 1. The molecule has 1 aliphatic heterocycles. The summed E-state index contributed by atoms with van der Waals surface area (Å²) >= 11 is 0. The lowest BCUT2D eigenvalue weighted by molar-refractivity contribution is 0.0189. The van der Waals surface area contributed by atoms with Crippen molar-refractivity contribution in [2.45, 2.75) is 52.2 Å². The van der Waals surface area contributed by atoms with Crippen molar-refractivity contribution in [3.8, 4) is 11.5 Å². The Morgan fingerprint density at radius 2 is 1.81 bits per heavy atom. The summed E-state index contributed by atoms with van der Waals surface area (Å²) in [6.45, 7) is 9.09. The number of aryl methyl sites for hydroxylation is 1. The van der Waals surface area contributed by atoms with Gasteiger partial charge >= 0.3 is 6.09 Å². The fourth-order valence-electron chi connectivity index (χ4n) is 4.44. The summed E-state index contributed by atoms with van der Waals surface area (Å²) in [6.07, 6.45) is 1.52. The second kappa shape index (κ2) is 7.65. The van der Waals surface area contributed by atoms with Gasteiger partial charge in [-0.1, -0.05) is 12.1 Å². The number of amides is 1. The van der Waals surface area contributed by atoms with E-state index in [1.165, 1.54) is 0 Å². The molecule has 2 aromatic heterocycles. The molecular weight excluding hydrogens is 404 g/mol. The molecule has 32 heavy (non-hydrogen) atoms. The van der Waals surface area contributed by atoms with Crippen molar-refractivity contribution in [3.05, 3.63) is 48.3 Å². The van der Waals surface area contributed by atoms with Crippen LogP contribution < -0.4 is 0 Å². The highest BCUT2D eigenvalue weighted by Crippen LogP contribution is 2.32. The number of benzene rings is 2. The van der Waals surface area contributed by atoms with E-state index in [4.69, 9.17) is 14.1 Å². The smallest absolute Gasteiger partial charge is 0.410 e. The molecule has 3 heterocycles. The van der Waals surface area contributed by atoms with E-state index < -0.39 is 5.60 Å². The van der Waals surface area contributed by atoms with Crippen LogP contribution in [0.4, 0.5) is 4.79 Å². The van der Waals surface area contributed by atoms with Crippen molar-refractivity contribution in [3.63, 3.8) is 0 Å². The Hall–Kier alpha value is -3.35.